The summed E-state index contributed by atoms with van der Waals surface area (Å²) in [5, 5.41) is 21.4. The SMILES string of the molecule is OB(O)c1ccc2nccn2n1. The molecule has 5 nitrogen and oxygen atoms in total. The van der Waals surface area contributed by atoms with Crippen LogP contribution in [0.3, 0.4) is 0 Å². The van der Waals surface area contributed by atoms with Gasteiger partial charge in [0.15, 0.2) is 5.65 Å². The molecule has 0 aliphatic carbocycles. The van der Waals surface area contributed by atoms with Crippen molar-refractivity contribution in [3.05, 3.63) is 24.5 Å². The molecule has 0 amide bonds. The van der Waals surface area contributed by atoms with Crippen molar-refractivity contribution in [1.29, 1.82) is 0 Å². The van der Waals surface area contributed by atoms with Gasteiger partial charge in [-0.2, -0.15) is 5.10 Å². The Morgan fingerprint density at radius 3 is 2.92 bits per heavy atom. The van der Waals surface area contributed by atoms with E-state index in [1.807, 2.05) is 0 Å². The third-order valence-corrected chi connectivity index (χ3v) is 1.54. The smallest absolute Gasteiger partial charge is 0.422 e. The molecule has 0 spiro atoms. The monoisotopic (exact) mass is 163 g/mol. The van der Waals surface area contributed by atoms with Gasteiger partial charge in [-0.15, -0.1) is 0 Å². The van der Waals surface area contributed by atoms with E-state index < -0.39 is 7.12 Å². The van der Waals surface area contributed by atoms with Gasteiger partial charge in [-0.25, -0.2) is 9.50 Å². The molecule has 0 fully saturated rings. The predicted octanol–water partition coefficient (Wildman–Crippen LogP) is -1.59. The van der Waals surface area contributed by atoms with Gasteiger partial charge in [-0.05, 0) is 12.1 Å². The van der Waals surface area contributed by atoms with Crippen LogP contribution >= 0.6 is 0 Å². The molecule has 0 aliphatic heterocycles. The lowest BCUT2D eigenvalue weighted by atomic mass is 9.86. The van der Waals surface area contributed by atoms with E-state index in [2.05, 4.69) is 10.1 Å². The first-order valence-corrected chi connectivity index (χ1v) is 3.44. The van der Waals surface area contributed by atoms with Gasteiger partial charge < -0.3 is 10.0 Å². The Kier molecular flexibility index (Phi) is 1.56. The Balaban J connectivity index is 2.60. The molecule has 2 rings (SSSR count). The molecule has 0 unspecified atom stereocenters. The third-order valence-electron chi connectivity index (χ3n) is 1.54. The zero-order chi connectivity index (χ0) is 8.55. The number of hydrogen-bond donors (Lipinski definition) is 2. The normalized spacial score (nSPS) is 10.5. The molecule has 60 valence electrons. The highest BCUT2D eigenvalue weighted by Crippen LogP contribution is 1.93. The molecule has 12 heavy (non-hydrogen) atoms. The minimum absolute atomic E-state index is 0.209. The van der Waals surface area contributed by atoms with E-state index in [4.69, 9.17) is 10.0 Å². The van der Waals surface area contributed by atoms with E-state index in [-0.39, 0.29) is 5.59 Å². The van der Waals surface area contributed by atoms with Crippen LogP contribution in [-0.4, -0.2) is 31.8 Å². The van der Waals surface area contributed by atoms with Crippen molar-refractivity contribution < 1.29 is 10.0 Å². The summed E-state index contributed by atoms with van der Waals surface area (Å²) in [5.74, 6) is 0. The number of imidazole rings is 1. The molecule has 0 aromatic carbocycles. The second-order valence-electron chi connectivity index (χ2n) is 2.36. The van der Waals surface area contributed by atoms with Gasteiger partial charge in [0, 0.05) is 12.4 Å². The largest absolute Gasteiger partial charge is 0.510 e. The highest BCUT2D eigenvalue weighted by Gasteiger charge is 2.12. The van der Waals surface area contributed by atoms with Crippen molar-refractivity contribution in [3.8, 4) is 0 Å². The summed E-state index contributed by atoms with van der Waals surface area (Å²) in [7, 11) is -1.53. The van der Waals surface area contributed by atoms with Crippen LogP contribution in [0.15, 0.2) is 24.5 Å². The lowest BCUT2D eigenvalue weighted by Gasteiger charge is -1.97. The van der Waals surface area contributed by atoms with Crippen LogP contribution in [0.5, 0.6) is 0 Å². The van der Waals surface area contributed by atoms with Crippen molar-refractivity contribution in [2.75, 3.05) is 0 Å². The lowest BCUT2D eigenvalue weighted by Crippen LogP contribution is -2.33. The molecule has 2 N–H and O–H groups in total. The van der Waals surface area contributed by atoms with Gasteiger partial charge >= 0.3 is 7.12 Å². The van der Waals surface area contributed by atoms with E-state index in [0.29, 0.717) is 5.65 Å². The molecular weight excluding hydrogens is 157 g/mol. The standard InChI is InChI=1S/C6H6BN3O2/c11-7(12)5-1-2-6-8-3-4-10(6)9-5/h1-4,11-12H. The summed E-state index contributed by atoms with van der Waals surface area (Å²) < 4.78 is 1.48. The fourth-order valence-corrected chi connectivity index (χ4v) is 0.968. The third kappa shape index (κ3) is 1.07. The molecule has 0 saturated heterocycles. The molecule has 2 heterocycles. The van der Waals surface area contributed by atoms with Crippen LogP contribution in [0.4, 0.5) is 0 Å². The first kappa shape index (κ1) is 7.26. The molecule has 0 aliphatic rings. The van der Waals surface area contributed by atoms with E-state index in [0.717, 1.165) is 0 Å². The number of rotatable bonds is 1. The summed E-state index contributed by atoms with van der Waals surface area (Å²) in [5.41, 5.74) is 0.889. The number of fused-ring (bicyclic) bond motifs is 1. The first-order chi connectivity index (χ1) is 5.77. The molecule has 0 atom stereocenters. The van der Waals surface area contributed by atoms with Gasteiger partial charge in [0.05, 0.1) is 5.59 Å². The molecule has 2 aromatic rings. The maximum Gasteiger partial charge on any atom is 0.510 e. The maximum absolute atomic E-state index is 8.78. The van der Waals surface area contributed by atoms with Gasteiger partial charge in [0.1, 0.15) is 0 Å². The van der Waals surface area contributed by atoms with Crippen LogP contribution in [0.1, 0.15) is 0 Å². The summed E-state index contributed by atoms with van der Waals surface area (Å²) in [6.07, 6.45) is 3.23. The molecule has 2 aromatic heterocycles. The van der Waals surface area contributed by atoms with Gasteiger partial charge in [0.2, 0.25) is 0 Å². The van der Waals surface area contributed by atoms with E-state index in [9.17, 15) is 0 Å². The first-order valence-electron chi connectivity index (χ1n) is 3.44. The van der Waals surface area contributed by atoms with Crippen LogP contribution < -0.4 is 5.59 Å². The highest BCUT2D eigenvalue weighted by molar-refractivity contribution is 6.57. The second-order valence-corrected chi connectivity index (χ2v) is 2.36. The lowest BCUT2D eigenvalue weighted by molar-refractivity contribution is 0.423. The van der Waals surface area contributed by atoms with Crippen LogP contribution in [0.25, 0.3) is 5.65 Å². The van der Waals surface area contributed by atoms with Gasteiger partial charge in [-0.3, -0.25) is 0 Å². The highest BCUT2D eigenvalue weighted by atomic mass is 16.4. The predicted molar refractivity (Wildman–Crippen MR) is 42.8 cm³/mol. The van der Waals surface area contributed by atoms with Crippen molar-refractivity contribution in [2.45, 2.75) is 0 Å². The maximum atomic E-state index is 8.78. The topological polar surface area (TPSA) is 70.7 Å². The zero-order valence-corrected chi connectivity index (χ0v) is 6.12. The van der Waals surface area contributed by atoms with Gasteiger partial charge in [-0.1, -0.05) is 0 Å². The Labute approximate surface area is 68.4 Å². The summed E-state index contributed by atoms with van der Waals surface area (Å²) in [4.78, 5) is 3.96. The molecule has 0 bridgehead atoms. The van der Waals surface area contributed by atoms with Crippen molar-refractivity contribution in [1.82, 2.24) is 14.6 Å². The quantitative estimate of drug-likeness (QED) is 0.497. The van der Waals surface area contributed by atoms with E-state index >= 15 is 0 Å². The summed E-state index contributed by atoms with van der Waals surface area (Å²) in [6, 6.07) is 3.19. The fraction of sp³-hybridized carbons (Fsp3) is 0. The number of hydrogen-bond acceptors (Lipinski definition) is 4. The second kappa shape index (κ2) is 2.58. The fourth-order valence-electron chi connectivity index (χ4n) is 0.968. The Morgan fingerprint density at radius 2 is 2.17 bits per heavy atom. The average Bonchev–Trinajstić information content (AvgIpc) is 2.49. The Hall–Kier alpha value is -1.40. The molecule has 0 saturated carbocycles. The average molecular weight is 163 g/mol. The molecule has 0 radical (unpaired) electrons. The zero-order valence-electron chi connectivity index (χ0n) is 6.12. The Bertz CT molecular complexity index is 400. The van der Waals surface area contributed by atoms with Crippen molar-refractivity contribution in [3.63, 3.8) is 0 Å². The Morgan fingerprint density at radius 1 is 1.33 bits per heavy atom. The number of nitrogens with zero attached hydrogens (tertiary/aromatic N) is 3. The van der Waals surface area contributed by atoms with Crippen molar-refractivity contribution in [2.24, 2.45) is 0 Å². The van der Waals surface area contributed by atoms with Crippen molar-refractivity contribution >= 4 is 18.4 Å². The minimum atomic E-state index is -1.53. The minimum Gasteiger partial charge on any atom is -0.422 e. The van der Waals surface area contributed by atoms with Crippen LogP contribution in [0.2, 0.25) is 0 Å². The van der Waals surface area contributed by atoms with Gasteiger partial charge in [0.25, 0.3) is 0 Å². The number of aromatic nitrogens is 3. The van der Waals surface area contributed by atoms with Crippen LogP contribution in [0, 0.1) is 0 Å². The summed E-state index contributed by atoms with van der Waals surface area (Å²) in [6.45, 7) is 0. The molecular formula is C6H6BN3O2. The van der Waals surface area contributed by atoms with E-state index in [1.54, 1.807) is 18.5 Å². The summed E-state index contributed by atoms with van der Waals surface area (Å²) >= 11 is 0. The molecule has 6 heteroatoms. The van der Waals surface area contributed by atoms with E-state index in [1.165, 1.54) is 10.6 Å². The van der Waals surface area contributed by atoms with Crippen LogP contribution in [-0.2, 0) is 0 Å².